The SMILES string of the molecule is COc1cc(N=Nc2c(S(=O)(=O)O)cc3cc(S(=O)(=O)O)c(N)cc3c2O)c(OC)cc1N=Nc1ccc(S(=O)(=O)Nc2ncccn2)cc1. The number of phenolic OH excluding ortho intramolecular Hbond substituents is 1. The standard InChI is InChI=1S/C28H24N8O11S3/c1-46-22-14-21(34-35-26-25(50(43,44)45)11-15-10-24(49(40,41)42)19(29)12-18(15)27(26)37)23(47-2)13-20(22)33-32-16-4-6-17(7-5-16)48(38,39)36-28-30-8-3-9-31-28/h3-14,37H,29H2,1-2H3,(H,30,31,36)(H,40,41,42)(H,43,44,45). The number of nitrogens with zero attached hydrogens (tertiary/aromatic N) is 6. The molecule has 0 aliphatic heterocycles. The number of aromatic nitrogens is 2. The first-order valence-corrected chi connectivity index (χ1v) is 17.9. The largest absolute Gasteiger partial charge is 0.505 e. The van der Waals surface area contributed by atoms with Crippen molar-refractivity contribution in [2.24, 2.45) is 20.5 Å². The zero-order chi connectivity index (χ0) is 36.4. The summed E-state index contributed by atoms with van der Waals surface area (Å²) in [6.45, 7) is 0. The monoisotopic (exact) mass is 744 g/mol. The van der Waals surface area contributed by atoms with Gasteiger partial charge in [0, 0.05) is 29.9 Å². The quantitative estimate of drug-likeness (QED) is 0.0671. The van der Waals surface area contributed by atoms with Gasteiger partial charge in [0.15, 0.2) is 5.75 Å². The first-order valence-electron chi connectivity index (χ1n) is 13.6. The average Bonchev–Trinajstić information content (AvgIpc) is 3.06. The Labute approximate surface area is 283 Å². The van der Waals surface area contributed by atoms with Crippen LogP contribution in [0.4, 0.5) is 34.4 Å². The van der Waals surface area contributed by atoms with Gasteiger partial charge in [0.05, 0.1) is 30.5 Å². The number of sulfonamides is 1. The second-order valence-corrected chi connectivity index (χ2v) is 14.4. The van der Waals surface area contributed by atoms with Gasteiger partial charge in [-0.05, 0) is 53.9 Å². The number of hydrogen-bond acceptors (Lipinski definition) is 16. The normalized spacial score (nSPS) is 12.5. The minimum atomic E-state index is -5.09. The number of rotatable bonds is 11. The van der Waals surface area contributed by atoms with Gasteiger partial charge in [0.1, 0.15) is 38.4 Å². The molecule has 1 aromatic heterocycles. The highest BCUT2D eigenvalue weighted by Gasteiger charge is 2.25. The average molecular weight is 745 g/mol. The second-order valence-electron chi connectivity index (χ2n) is 9.90. The summed E-state index contributed by atoms with van der Waals surface area (Å²) in [4.78, 5) is 5.87. The van der Waals surface area contributed by atoms with E-state index in [2.05, 4.69) is 35.1 Å². The van der Waals surface area contributed by atoms with Gasteiger partial charge in [-0.25, -0.2) is 23.1 Å². The number of nitrogens with two attached hydrogens (primary N) is 1. The molecular formula is C28H24N8O11S3. The summed E-state index contributed by atoms with van der Waals surface area (Å²) in [5.74, 6) is -0.838. The highest BCUT2D eigenvalue weighted by molar-refractivity contribution is 7.92. The minimum Gasteiger partial charge on any atom is -0.505 e. The lowest BCUT2D eigenvalue weighted by Gasteiger charge is -2.12. The Bertz CT molecular complexity index is 2510. The zero-order valence-corrected chi connectivity index (χ0v) is 28.0. The fourth-order valence-corrected chi connectivity index (χ4v) is 6.62. The molecule has 0 aliphatic carbocycles. The van der Waals surface area contributed by atoms with Gasteiger partial charge in [-0.2, -0.15) is 21.9 Å². The van der Waals surface area contributed by atoms with Crippen molar-refractivity contribution in [3.8, 4) is 17.2 Å². The minimum absolute atomic E-state index is 0.0230. The number of anilines is 2. The van der Waals surface area contributed by atoms with Crippen LogP contribution in [-0.2, 0) is 30.3 Å². The van der Waals surface area contributed by atoms with Crippen molar-refractivity contribution in [3.63, 3.8) is 0 Å². The van der Waals surface area contributed by atoms with E-state index < -0.39 is 57.2 Å². The van der Waals surface area contributed by atoms with Crippen molar-refractivity contribution >= 4 is 75.4 Å². The molecule has 260 valence electrons. The number of aromatic hydroxyl groups is 1. The maximum Gasteiger partial charge on any atom is 0.296 e. The predicted octanol–water partition coefficient (Wildman–Crippen LogP) is 5.06. The Balaban J connectivity index is 1.48. The number of hydrogen-bond donors (Lipinski definition) is 5. The Morgan fingerprint density at radius 3 is 1.82 bits per heavy atom. The molecule has 0 fully saturated rings. The summed E-state index contributed by atoms with van der Waals surface area (Å²) in [7, 11) is -11.3. The smallest absolute Gasteiger partial charge is 0.296 e. The highest BCUT2D eigenvalue weighted by Crippen LogP contribution is 2.45. The molecule has 50 heavy (non-hydrogen) atoms. The van der Waals surface area contributed by atoms with Crippen LogP contribution in [0.2, 0.25) is 0 Å². The van der Waals surface area contributed by atoms with Crippen LogP contribution in [-0.4, -0.2) is 63.7 Å². The van der Waals surface area contributed by atoms with Crippen molar-refractivity contribution in [2.45, 2.75) is 14.7 Å². The molecule has 0 atom stereocenters. The van der Waals surface area contributed by atoms with Crippen molar-refractivity contribution < 1.29 is 48.9 Å². The van der Waals surface area contributed by atoms with Crippen LogP contribution in [0.25, 0.3) is 10.8 Å². The molecule has 19 nitrogen and oxygen atoms in total. The van der Waals surface area contributed by atoms with Gasteiger partial charge in [-0.3, -0.25) is 9.11 Å². The van der Waals surface area contributed by atoms with E-state index in [1.165, 1.54) is 69.1 Å². The molecule has 5 aromatic rings. The summed E-state index contributed by atoms with van der Waals surface area (Å²) in [6, 6.07) is 12.2. The van der Waals surface area contributed by atoms with Gasteiger partial charge in [0.2, 0.25) is 5.95 Å². The van der Waals surface area contributed by atoms with E-state index in [-0.39, 0.29) is 50.2 Å². The van der Waals surface area contributed by atoms with Crippen molar-refractivity contribution in [1.29, 1.82) is 0 Å². The molecule has 4 aromatic carbocycles. The van der Waals surface area contributed by atoms with Gasteiger partial charge in [-0.15, -0.1) is 15.3 Å². The molecule has 22 heteroatoms. The van der Waals surface area contributed by atoms with Crippen molar-refractivity contribution in [2.75, 3.05) is 24.7 Å². The van der Waals surface area contributed by atoms with Crippen LogP contribution in [0, 0.1) is 0 Å². The van der Waals surface area contributed by atoms with E-state index in [4.69, 9.17) is 15.2 Å². The predicted molar refractivity (Wildman–Crippen MR) is 177 cm³/mol. The molecule has 0 saturated carbocycles. The summed E-state index contributed by atoms with van der Waals surface area (Å²) in [5.41, 5.74) is 4.85. The summed E-state index contributed by atoms with van der Waals surface area (Å²) in [5, 5.41) is 26.6. The first kappa shape index (κ1) is 35.5. The molecule has 0 bridgehead atoms. The summed E-state index contributed by atoms with van der Waals surface area (Å²) < 4.78 is 105. The summed E-state index contributed by atoms with van der Waals surface area (Å²) >= 11 is 0. The molecule has 1 heterocycles. The van der Waals surface area contributed by atoms with E-state index in [1.54, 1.807) is 0 Å². The van der Waals surface area contributed by atoms with Crippen LogP contribution >= 0.6 is 0 Å². The third-order valence-electron chi connectivity index (χ3n) is 6.69. The lowest BCUT2D eigenvalue weighted by molar-refractivity contribution is 0.405. The van der Waals surface area contributed by atoms with Crippen LogP contribution in [0.5, 0.6) is 17.2 Å². The number of fused-ring (bicyclic) bond motifs is 1. The van der Waals surface area contributed by atoms with Crippen LogP contribution in [0.1, 0.15) is 0 Å². The number of phenols is 1. The van der Waals surface area contributed by atoms with Crippen molar-refractivity contribution in [3.05, 3.63) is 73.1 Å². The Kier molecular flexibility index (Phi) is 9.65. The fraction of sp³-hybridized carbons (Fsp3) is 0.0714. The molecule has 0 amide bonds. The number of methoxy groups -OCH3 is 2. The molecule has 0 aliphatic rings. The first-order chi connectivity index (χ1) is 23.5. The van der Waals surface area contributed by atoms with E-state index in [0.29, 0.717) is 0 Å². The fourth-order valence-electron chi connectivity index (χ4n) is 4.37. The number of azo groups is 2. The van der Waals surface area contributed by atoms with Crippen LogP contribution in [0.15, 0.2) is 108 Å². The van der Waals surface area contributed by atoms with Gasteiger partial charge in [-0.1, -0.05) is 0 Å². The topological polar surface area (TPSA) is 295 Å². The molecule has 0 spiro atoms. The van der Waals surface area contributed by atoms with E-state index >= 15 is 0 Å². The van der Waals surface area contributed by atoms with E-state index in [0.717, 1.165) is 18.2 Å². The van der Waals surface area contributed by atoms with Gasteiger partial charge < -0.3 is 20.3 Å². The lowest BCUT2D eigenvalue weighted by atomic mass is 10.1. The molecule has 0 unspecified atom stereocenters. The Morgan fingerprint density at radius 1 is 0.740 bits per heavy atom. The molecule has 5 rings (SSSR count). The molecule has 6 N–H and O–H groups in total. The van der Waals surface area contributed by atoms with Crippen LogP contribution < -0.4 is 19.9 Å². The Hall–Kier alpha value is -5.81. The van der Waals surface area contributed by atoms with E-state index in [9.17, 15) is 39.5 Å². The molecule has 0 saturated heterocycles. The van der Waals surface area contributed by atoms with E-state index in [1.807, 2.05) is 0 Å². The second kappa shape index (κ2) is 13.6. The Morgan fingerprint density at radius 2 is 1.28 bits per heavy atom. The maximum absolute atomic E-state index is 12.6. The number of nitrogen functional groups attached to an aromatic ring is 1. The molecule has 0 radical (unpaired) electrons. The number of ether oxygens (including phenoxy) is 2. The third-order valence-corrected chi connectivity index (χ3v) is 9.81. The van der Waals surface area contributed by atoms with Crippen LogP contribution in [0.3, 0.4) is 0 Å². The molecular weight excluding hydrogens is 721 g/mol. The number of nitrogens with one attached hydrogen (secondary N) is 1. The maximum atomic E-state index is 12.6. The zero-order valence-electron chi connectivity index (χ0n) is 25.5. The highest BCUT2D eigenvalue weighted by atomic mass is 32.2. The third kappa shape index (κ3) is 7.58. The summed E-state index contributed by atoms with van der Waals surface area (Å²) in [6.07, 6.45) is 2.76. The van der Waals surface area contributed by atoms with Gasteiger partial charge >= 0.3 is 0 Å². The number of benzene rings is 4. The van der Waals surface area contributed by atoms with Gasteiger partial charge in [0.25, 0.3) is 30.3 Å². The lowest BCUT2D eigenvalue weighted by Crippen LogP contribution is -2.14. The van der Waals surface area contributed by atoms with Crippen molar-refractivity contribution in [1.82, 2.24) is 9.97 Å².